The lowest BCUT2D eigenvalue weighted by Crippen LogP contribution is -2.16. The van der Waals surface area contributed by atoms with Crippen LogP contribution in [0.4, 0.5) is 51.2 Å². The van der Waals surface area contributed by atoms with Gasteiger partial charge < -0.3 is 14.7 Å². The van der Waals surface area contributed by atoms with Gasteiger partial charge in [0, 0.05) is 34.1 Å². The summed E-state index contributed by atoms with van der Waals surface area (Å²) in [6.07, 6.45) is 0. The second kappa shape index (κ2) is 14.9. The van der Waals surface area contributed by atoms with Crippen molar-refractivity contribution in [3.63, 3.8) is 0 Å². The van der Waals surface area contributed by atoms with Crippen LogP contribution < -0.4 is 14.7 Å². The van der Waals surface area contributed by atoms with Crippen LogP contribution in [0.1, 0.15) is 13.7 Å². The number of benzene rings is 10. The second-order valence-electron chi connectivity index (χ2n) is 13.5. The lowest BCUT2D eigenvalue weighted by Gasteiger charge is -2.33. The largest absolute Gasteiger partial charge is 0.310 e. The molecule has 0 aliphatic rings. The number of anilines is 9. The van der Waals surface area contributed by atoms with Gasteiger partial charge in [-0.1, -0.05) is 145 Å². The third-order valence-electron chi connectivity index (χ3n) is 10.1. The number of hydrogen-bond acceptors (Lipinski definition) is 3. The van der Waals surface area contributed by atoms with E-state index in [0.29, 0.717) is 28.4 Å². The zero-order chi connectivity index (χ0) is 46.7. The Bertz CT molecular complexity index is 3420. The van der Waals surface area contributed by atoms with Crippen molar-refractivity contribution in [1.29, 1.82) is 0 Å². The first-order valence-electron chi connectivity index (χ1n) is 23.6. The third-order valence-corrected chi connectivity index (χ3v) is 10.1. The maximum atomic E-state index is 9.46. The smallest absolute Gasteiger partial charge is 0.0645 e. The molecule has 0 radical (unpaired) electrons. The Hall–Kier alpha value is -7.62. The first-order valence-corrected chi connectivity index (χ1v) is 18.6. The Morgan fingerprint density at radius 1 is 0.228 bits per heavy atom. The molecule has 10 aromatic rings. The molecule has 10 aromatic carbocycles. The van der Waals surface area contributed by atoms with Gasteiger partial charge in [-0.25, -0.2) is 0 Å². The Kier molecular flexibility index (Phi) is 6.46. The minimum Gasteiger partial charge on any atom is -0.310 e. The summed E-state index contributed by atoms with van der Waals surface area (Å²) in [6.45, 7) is 0. The van der Waals surface area contributed by atoms with E-state index in [4.69, 9.17) is 8.22 Å². The zero-order valence-corrected chi connectivity index (χ0v) is 30.6. The Morgan fingerprint density at radius 3 is 0.947 bits per heavy atom. The minimum absolute atomic E-state index is 0.107. The maximum Gasteiger partial charge on any atom is 0.0645 e. The molecule has 0 saturated carbocycles. The highest BCUT2D eigenvalue weighted by atomic mass is 15.2. The summed E-state index contributed by atoms with van der Waals surface area (Å²) >= 11 is 0. The van der Waals surface area contributed by atoms with Crippen LogP contribution >= 0.6 is 0 Å². The van der Waals surface area contributed by atoms with Crippen LogP contribution in [0.2, 0.25) is 0 Å². The molecule has 0 fully saturated rings. The van der Waals surface area contributed by atoms with Crippen molar-refractivity contribution in [3.8, 4) is 0 Å². The molecule has 10 rings (SSSR count). The van der Waals surface area contributed by atoms with Gasteiger partial charge >= 0.3 is 0 Å². The molecular weight excluding hydrogens is 691 g/mol. The van der Waals surface area contributed by atoms with Gasteiger partial charge in [0.1, 0.15) is 0 Å². The fourth-order valence-corrected chi connectivity index (χ4v) is 7.70. The van der Waals surface area contributed by atoms with Crippen LogP contribution in [0.5, 0.6) is 0 Å². The molecule has 270 valence electrons. The zero-order valence-electron chi connectivity index (χ0n) is 40.6. The van der Waals surface area contributed by atoms with Crippen molar-refractivity contribution in [2.24, 2.45) is 0 Å². The van der Waals surface area contributed by atoms with Crippen LogP contribution in [-0.2, 0) is 0 Å². The lowest BCUT2D eigenvalue weighted by atomic mass is 9.94. The van der Waals surface area contributed by atoms with Crippen molar-refractivity contribution < 1.29 is 13.7 Å². The van der Waals surface area contributed by atoms with Gasteiger partial charge in [-0.3, -0.25) is 0 Å². The van der Waals surface area contributed by atoms with Gasteiger partial charge in [0.2, 0.25) is 0 Å². The molecule has 0 bridgehead atoms. The van der Waals surface area contributed by atoms with Crippen molar-refractivity contribution in [1.82, 2.24) is 0 Å². The molecule has 0 unspecified atom stereocenters. The van der Waals surface area contributed by atoms with E-state index in [9.17, 15) is 5.48 Å². The molecule has 0 spiro atoms. The summed E-state index contributed by atoms with van der Waals surface area (Å²) in [5.74, 6) is 0. The summed E-state index contributed by atoms with van der Waals surface area (Å²) in [5.41, 5.74) is 3.53. The Balaban J connectivity index is 1.36. The first-order chi connectivity index (χ1) is 32.4. The van der Waals surface area contributed by atoms with Crippen LogP contribution in [0.15, 0.2) is 236 Å². The average molecular weight is 740 g/mol. The van der Waals surface area contributed by atoms with Gasteiger partial charge in [-0.05, 0) is 123 Å². The van der Waals surface area contributed by atoms with Crippen molar-refractivity contribution in [2.45, 2.75) is 0 Å². The van der Waals surface area contributed by atoms with E-state index in [0.717, 1.165) is 43.7 Å². The van der Waals surface area contributed by atoms with E-state index in [2.05, 4.69) is 24.3 Å². The average Bonchev–Trinajstić information content (AvgIpc) is 3.37. The van der Waals surface area contributed by atoms with Crippen molar-refractivity contribution >= 4 is 83.5 Å². The molecule has 0 aliphatic carbocycles. The van der Waals surface area contributed by atoms with Gasteiger partial charge in [0.05, 0.1) is 30.8 Å². The highest BCUT2D eigenvalue weighted by Gasteiger charge is 2.22. The monoisotopic (exact) mass is 739 g/mol. The van der Waals surface area contributed by atoms with E-state index in [1.54, 1.807) is 40.1 Å². The molecule has 0 N–H and O–H groups in total. The van der Waals surface area contributed by atoms with Crippen molar-refractivity contribution in [3.05, 3.63) is 236 Å². The lowest BCUT2D eigenvalue weighted by molar-refractivity contribution is 1.22. The second-order valence-corrected chi connectivity index (χ2v) is 13.5. The molecule has 0 aromatic heterocycles. The molecule has 57 heavy (non-hydrogen) atoms. The number of nitrogens with zero attached hydrogens (tertiary/aromatic N) is 3. The molecule has 3 heteroatoms. The summed E-state index contributed by atoms with van der Waals surface area (Å²) in [6, 6.07) is 51.0. The molecule has 0 saturated heterocycles. The summed E-state index contributed by atoms with van der Waals surface area (Å²) in [4.78, 5) is 5.29. The minimum atomic E-state index is -0.542. The topological polar surface area (TPSA) is 9.72 Å². The highest BCUT2D eigenvalue weighted by Crippen LogP contribution is 2.47. The Morgan fingerprint density at radius 2 is 0.544 bits per heavy atom. The van der Waals surface area contributed by atoms with Crippen LogP contribution in [0.3, 0.4) is 0 Å². The number of rotatable bonds is 9. The highest BCUT2D eigenvalue weighted by molar-refractivity contribution is 6.25. The fourth-order valence-electron chi connectivity index (χ4n) is 7.70. The first kappa shape index (κ1) is 24.7. The molecule has 0 atom stereocenters. The standard InChI is InChI=1S/C54H39N3/c1-6-20-40(21-7-1)55(41-22-8-2-9-23-41)46-36-47(56(42-24-10-3-11-25-42)43-26-12-4-13-27-43)38-48(37-46)57(44-28-14-5-15-29-44)45-34-35-53-51-32-17-16-30-49(51)50-31-18-19-33-52(50)54(53)39-45/h1-39H/i1D,5D,6D,7D,14D,15D,20D,21D,28D,29D. The van der Waals surface area contributed by atoms with E-state index in [1.807, 2.05) is 126 Å². The Labute approximate surface area is 347 Å². The van der Waals surface area contributed by atoms with Gasteiger partial charge in [0.15, 0.2) is 0 Å². The van der Waals surface area contributed by atoms with E-state index in [-0.39, 0.29) is 11.4 Å². The molecule has 3 nitrogen and oxygen atoms in total. The SMILES string of the molecule is [2H]c1c([2H])c([2H])c(N(c2ccccc2)c2cc(N(c3ccccc3)c3ccccc3)cc(N(c3ccc4c5ccccc5c5ccccc5c4c3)c3c([2H])c([2H])c([2H])c([2H])c3[2H])c2)c([2H])c1[2H]. The fraction of sp³-hybridized carbons (Fsp3) is 0. The number of hydrogen-bond donors (Lipinski definition) is 0. The van der Waals surface area contributed by atoms with Crippen LogP contribution in [0.25, 0.3) is 32.3 Å². The van der Waals surface area contributed by atoms with E-state index >= 15 is 0 Å². The molecule has 0 aliphatic heterocycles. The summed E-state index contributed by atoms with van der Waals surface area (Å²) in [7, 11) is 0. The van der Waals surface area contributed by atoms with Gasteiger partial charge in [0.25, 0.3) is 0 Å². The maximum absolute atomic E-state index is 9.46. The van der Waals surface area contributed by atoms with Crippen LogP contribution in [0, 0.1) is 0 Å². The van der Waals surface area contributed by atoms with Crippen molar-refractivity contribution in [2.75, 3.05) is 14.7 Å². The van der Waals surface area contributed by atoms with E-state index < -0.39 is 60.4 Å². The van der Waals surface area contributed by atoms with Gasteiger partial charge in [-0.15, -0.1) is 0 Å². The predicted octanol–water partition coefficient (Wildman–Crippen LogP) is 15.6. The summed E-state index contributed by atoms with van der Waals surface area (Å²) in [5, 5.41) is 5.93. The molecular formula is C54H39N3. The normalized spacial score (nSPS) is 13.6. The van der Waals surface area contributed by atoms with E-state index in [1.165, 1.54) is 0 Å². The third kappa shape index (κ3) is 6.41. The predicted molar refractivity (Wildman–Crippen MR) is 243 cm³/mol. The van der Waals surface area contributed by atoms with Crippen LogP contribution in [-0.4, -0.2) is 0 Å². The number of para-hydroxylation sites is 5. The quantitative estimate of drug-likeness (QED) is 0.137. The van der Waals surface area contributed by atoms with Gasteiger partial charge in [-0.2, -0.15) is 0 Å². The summed E-state index contributed by atoms with van der Waals surface area (Å²) < 4.78 is 89.9. The number of fused-ring (bicyclic) bond motifs is 6. The molecule has 0 amide bonds. The molecule has 0 heterocycles.